The number of ketones is 1. The molecule has 2 aromatic rings. The summed E-state index contributed by atoms with van der Waals surface area (Å²) < 4.78 is 14.4. The van der Waals surface area contributed by atoms with Gasteiger partial charge in [0.1, 0.15) is 0 Å². The molecule has 0 aliphatic rings. The van der Waals surface area contributed by atoms with Gasteiger partial charge in [0.15, 0.2) is 11.6 Å². The largest absolute Gasteiger partial charge is 0.288 e. The summed E-state index contributed by atoms with van der Waals surface area (Å²) in [5, 5.41) is 0.209. The molecule has 0 N–H and O–H groups in total. The van der Waals surface area contributed by atoms with Gasteiger partial charge >= 0.3 is 0 Å². The molecule has 2 rings (SSSR count). The molecule has 5 heteroatoms. The summed E-state index contributed by atoms with van der Waals surface area (Å²) in [6.45, 7) is 1.78. The quantitative estimate of drug-likeness (QED) is 0.514. The molecular formula is C14H8BrCl2FO. The maximum Gasteiger partial charge on any atom is 0.197 e. The minimum atomic E-state index is -0.751. The van der Waals surface area contributed by atoms with Gasteiger partial charge in [-0.2, -0.15) is 0 Å². The van der Waals surface area contributed by atoms with Gasteiger partial charge in [-0.15, -0.1) is 0 Å². The Morgan fingerprint density at radius 1 is 1.11 bits per heavy atom. The first kappa shape index (κ1) is 14.5. The Bertz CT molecular complexity index is 671. The van der Waals surface area contributed by atoms with E-state index in [2.05, 4.69) is 15.9 Å². The molecule has 0 aliphatic carbocycles. The summed E-state index contributed by atoms with van der Waals surface area (Å²) in [6.07, 6.45) is 0. The van der Waals surface area contributed by atoms with Crippen LogP contribution in [0.1, 0.15) is 21.5 Å². The van der Waals surface area contributed by atoms with Crippen molar-refractivity contribution in [2.75, 3.05) is 0 Å². The van der Waals surface area contributed by atoms with Crippen LogP contribution in [0, 0.1) is 12.7 Å². The van der Waals surface area contributed by atoms with Gasteiger partial charge in [-0.25, -0.2) is 4.39 Å². The lowest BCUT2D eigenvalue weighted by Crippen LogP contribution is -2.06. The van der Waals surface area contributed by atoms with Crippen molar-refractivity contribution in [3.8, 4) is 0 Å². The molecule has 0 bridgehead atoms. The van der Waals surface area contributed by atoms with Crippen LogP contribution in [0.15, 0.2) is 34.8 Å². The van der Waals surface area contributed by atoms with Crippen molar-refractivity contribution in [2.24, 2.45) is 0 Å². The number of hydrogen-bond donors (Lipinski definition) is 0. The Morgan fingerprint density at radius 2 is 1.79 bits per heavy atom. The highest BCUT2D eigenvalue weighted by molar-refractivity contribution is 9.10. The molecule has 0 fully saturated rings. The first-order valence-electron chi connectivity index (χ1n) is 5.36. The maximum absolute atomic E-state index is 14.0. The van der Waals surface area contributed by atoms with E-state index in [0.717, 1.165) is 5.56 Å². The molecule has 1 nitrogen and oxygen atoms in total. The molecule has 0 heterocycles. The molecule has 0 radical (unpaired) electrons. The normalized spacial score (nSPS) is 10.6. The van der Waals surface area contributed by atoms with Gasteiger partial charge in [0.25, 0.3) is 0 Å². The van der Waals surface area contributed by atoms with E-state index < -0.39 is 11.6 Å². The van der Waals surface area contributed by atoms with E-state index in [-0.39, 0.29) is 16.1 Å². The SMILES string of the molecule is Cc1cccc(C(=O)c2ccc(Br)c(Cl)c2F)c1Cl. The van der Waals surface area contributed by atoms with Crippen LogP contribution in [-0.4, -0.2) is 5.78 Å². The summed E-state index contributed by atoms with van der Waals surface area (Å²) in [7, 11) is 0. The highest BCUT2D eigenvalue weighted by Gasteiger charge is 2.20. The van der Waals surface area contributed by atoms with Crippen molar-refractivity contribution >= 4 is 44.9 Å². The monoisotopic (exact) mass is 360 g/mol. The number of carbonyl (C=O) groups is 1. The van der Waals surface area contributed by atoms with Gasteiger partial charge < -0.3 is 0 Å². The Morgan fingerprint density at radius 3 is 2.47 bits per heavy atom. The minimum absolute atomic E-state index is 0.0966. The molecule has 0 aromatic heterocycles. The smallest absolute Gasteiger partial charge is 0.197 e. The second kappa shape index (κ2) is 5.61. The van der Waals surface area contributed by atoms with E-state index in [1.807, 2.05) is 0 Å². The van der Waals surface area contributed by atoms with E-state index in [9.17, 15) is 9.18 Å². The fraction of sp³-hybridized carbons (Fsp3) is 0.0714. The van der Waals surface area contributed by atoms with Crippen LogP contribution in [0.3, 0.4) is 0 Å². The lowest BCUT2D eigenvalue weighted by molar-refractivity contribution is 0.103. The molecule has 0 amide bonds. The van der Waals surface area contributed by atoms with Crippen LogP contribution in [0.4, 0.5) is 4.39 Å². The number of rotatable bonds is 2. The Kier molecular flexibility index (Phi) is 4.29. The minimum Gasteiger partial charge on any atom is -0.288 e. The summed E-state index contributed by atoms with van der Waals surface area (Å²) in [4.78, 5) is 12.3. The van der Waals surface area contributed by atoms with E-state index >= 15 is 0 Å². The average Bonchev–Trinajstić information content (AvgIpc) is 2.39. The first-order valence-corrected chi connectivity index (χ1v) is 6.91. The van der Waals surface area contributed by atoms with Crippen molar-refractivity contribution in [2.45, 2.75) is 6.92 Å². The van der Waals surface area contributed by atoms with Gasteiger partial charge in [-0.1, -0.05) is 35.3 Å². The second-order valence-corrected chi connectivity index (χ2v) is 5.60. The van der Waals surface area contributed by atoms with Crippen molar-refractivity contribution in [1.29, 1.82) is 0 Å². The van der Waals surface area contributed by atoms with Gasteiger partial charge in [0, 0.05) is 10.0 Å². The Hall–Kier alpha value is -0.900. The number of halogens is 4. The van der Waals surface area contributed by atoms with Gasteiger partial charge in [0.05, 0.1) is 15.6 Å². The molecule has 19 heavy (non-hydrogen) atoms. The molecular weight excluding hydrogens is 354 g/mol. The van der Waals surface area contributed by atoms with Crippen molar-refractivity contribution in [1.82, 2.24) is 0 Å². The van der Waals surface area contributed by atoms with E-state index in [0.29, 0.717) is 9.50 Å². The number of hydrogen-bond acceptors (Lipinski definition) is 1. The molecule has 2 aromatic carbocycles. The molecule has 0 unspecified atom stereocenters. The van der Waals surface area contributed by atoms with E-state index in [4.69, 9.17) is 23.2 Å². The van der Waals surface area contributed by atoms with Crippen LogP contribution < -0.4 is 0 Å². The molecule has 0 saturated heterocycles. The van der Waals surface area contributed by atoms with Crippen LogP contribution in [0.25, 0.3) is 0 Å². The number of aryl methyl sites for hydroxylation is 1. The topological polar surface area (TPSA) is 17.1 Å². The third-order valence-corrected chi connectivity index (χ3v) is 4.48. The Labute approximate surface area is 128 Å². The van der Waals surface area contributed by atoms with Crippen molar-refractivity contribution < 1.29 is 9.18 Å². The van der Waals surface area contributed by atoms with Crippen LogP contribution in [-0.2, 0) is 0 Å². The second-order valence-electron chi connectivity index (χ2n) is 3.99. The standard InChI is InChI=1S/C14H8BrCl2FO/c1-7-3-2-4-8(11(7)16)14(19)9-5-6-10(15)12(17)13(9)18/h2-6H,1H3. The zero-order valence-corrected chi connectivity index (χ0v) is 12.9. The third kappa shape index (κ3) is 2.69. The highest BCUT2D eigenvalue weighted by atomic mass is 79.9. The van der Waals surface area contributed by atoms with Crippen LogP contribution >= 0.6 is 39.1 Å². The number of benzene rings is 2. The molecule has 0 atom stereocenters. The molecule has 0 spiro atoms. The van der Waals surface area contributed by atoms with Crippen LogP contribution in [0.5, 0.6) is 0 Å². The highest BCUT2D eigenvalue weighted by Crippen LogP contribution is 2.30. The van der Waals surface area contributed by atoms with Crippen LogP contribution in [0.2, 0.25) is 10.0 Å². The van der Waals surface area contributed by atoms with Gasteiger partial charge in [-0.05, 0) is 46.6 Å². The predicted molar refractivity (Wildman–Crippen MR) is 78.7 cm³/mol. The Balaban J connectivity index is 2.57. The summed E-state index contributed by atoms with van der Waals surface area (Å²) in [6, 6.07) is 7.96. The van der Waals surface area contributed by atoms with E-state index in [1.54, 1.807) is 25.1 Å². The zero-order valence-electron chi connectivity index (χ0n) is 9.81. The predicted octanol–water partition coefficient (Wildman–Crippen LogP) is 5.43. The molecule has 98 valence electrons. The molecule has 0 saturated carbocycles. The number of carbonyl (C=O) groups excluding carboxylic acids is 1. The fourth-order valence-electron chi connectivity index (χ4n) is 1.67. The van der Waals surface area contributed by atoms with Gasteiger partial charge in [-0.3, -0.25) is 4.79 Å². The summed E-state index contributed by atoms with van der Waals surface area (Å²) in [5.41, 5.74) is 0.927. The van der Waals surface area contributed by atoms with Crippen molar-refractivity contribution in [3.05, 3.63) is 67.4 Å². The fourth-order valence-corrected chi connectivity index (χ4v) is 2.35. The van der Waals surface area contributed by atoms with Gasteiger partial charge in [0.2, 0.25) is 0 Å². The van der Waals surface area contributed by atoms with Crippen molar-refractivity contribution in [3.63, 3.8) is 0 Å². The zero-order chi connectivity index (χ0) is 14.2. The summed E-state index contributed by atoms with van der Waals surface area (Å²) >= 11 is 15.0. The maximum atomic E-state index is 14.0. The van der Waals surface area contributed by atoms with E-state index in [1.165, 1.54) is 12.1 Å². The first-order chi connectivity index (χ1) is 8.93. The lowest BCUT2D eigenvalue weighted by Gasteiger charge is -2.08. The average molecular weight is 362 g/mol. The summed E-state index contributed by atoms with van der Waals surface area (Å²) in [5.74, 6) is -1.24. The molecule has 0 aliphatic heterocycles. The third-order valence-electron chi connectivity index (χ3n) is 2.72. The lowest BCUT2D eigenvalue weighted by atomic mass is 10.0.